The van der Waals surface area contributed by atoms with Gasteiger partial charge in [0, 0.05) is 0 Å². The normalized spacial score (nSPS) is 10.4. The first-order valence-electron chi connectivity index (χ1n) is 2.97. The standard InChI is InChI=1S/C7H5F2OP/c8-6-2-1-5(4-11-10)3-7(6)9/h1-3H,4H2. The van der Waals surface area contributed by atoms with Gasteiger partial charge in [0.05, 0.1) is 6.16 Å². The van der Waals surface area contributed by atoms with E-state index < -0.39 is 11.6 Å². The van der Waals surface area contributed by atoms with E-state index in [1.54, 1.807) is 0 Å². The van der Waals surface area contributed by atoms with Crippen LogP contribution in [-0.4, -0.2) is 0 Å². The third-order valence-corrected chi connectivity index (χ3v) is 1.73. The van der Waals surface area contributed by atoms with E-state index in [9.17, 15) is 13.3 Å². The number of benzene rings is 1. The van der Waals surface area contributed by atoms with Crippen LogP contribution in [0.15, 0.2) is 18.2 Å². The van der Waals surface area contributed by atoms with E-state index in [1.807, 2.05) is 0 Å². The number of hydrogen-bond donors (Lipinski definition) is 0. The third-order valence-electron chi connectivity index (χ3n) is 1.23. The van der Waals surface area contributed by atoms with Crippen molar-refractivity contribution in [3.63, 3.8) is 0 Å². The maximum atomic E-state index is 12.4. The second-order valence-corrected chi connectivity index (χ2v) is 2.61. The first-order valence-corrected chi connectivity index (χ1v) is 3.97. The highest BCUT2D eigenvalue weighted by Crippen LogP contribution is 2.12. The molecule has 1 aromatic rings. The second-order valence-electron chi connectivity index (χ2n) is 2.04. The lowest BCUT2D eigenvalue weighted by Crippen LogP contribution is -1.85. The Bertz CT molecular complexity index is 275. The smallest absolute Gasteiger partial charge is 0.160 e. The van der Waals surface area contributed by atoms with Crippen molar-refractivity contribution in [1.82, 2.24) is 0 Å². The quantitative estimate of drug-likeness (QED) is 0.630. The predicted octanol–water partition coefficient (Wildman–Crippen LogP) is 2.76. The molecule has 11 heavy (non-hydrogen) atoms. The molecule has 0 saturated heterocycles. The van der Waals surface area contributed by atoms with Gasteiger partial charge in [-0.3, -0.25) is 4.57 Å². The molecule has 0 bridgehead atoms. The third kappa shape index (κ3) is 2.05. The molecule has 0 spiro atoms. The highest BCUT2D eigenvalue weighted by Gasteiger charge is 2.01. The Morgan fingerprint density at radius 1 is 1.27 bits per heavy atom. The number of hydrogen-bond acceptors (Lipinski definition) is 1. The fourth-order valence-corrected chi connectivity index (χ4v) is 1.06. The number of rotatable bonds is 2. The van der Waals surface area contributed by atoms with Crippen LogP contribution in [0.1, 0.15) is 5.56 Å². The molecule has 0 aliphatic heterocycles. The average molecular weight is 174 g/mol. The number of halogens is 2. The minimum absolute atomic E-state index is 0.0903. The lowest BCUT2D eigenvalue weighted by molar-refractivity contribution is 0.507. The van der Waals surface area contributed by atoms with Gasteiger partial charge in [0.2, 0.25) is 0 Å². The van der Waals surface area contributed by atoms with Gasteiger partial charge in [0.1, 0.15) is 0 Å². The molecular formula is C7H5F2OP. The molecule has 0 heterocycles. The van der Waals surface area contributed by atoms with Gasteiger partial charge in [-0.15, -0.1) is 0 Å². The highest BCUT2D eigenvalue weighted by atomic mass is 31.1. The van der Waals surface area contributed by atoms with Crippen molar-refractivity contribution >= 4 is 8.46 Å². The Balaban J connectivity index is 2.95. The van der Waals surface area contributed by atoms with Crippen LogP contribution in [0, 0.1) is 11.6 Å². The van der Waals surface area contributed by atoms with Gasteiger partial charge < -0.3 is 0 Å². The Kier molecular flexibility index (Phi) is 2.66. The molecule has 0 atom stereocenters. The Labute approximate surface area is 64.2 Å². The van der Waals surface area contributed by atoms with E-state index in [0.29, 0.717) is 5.56 Å². The zero-order valence-corrected chi connectivity index (χ0v) is 6.44. The first-order chi connectivity index (χ1) is 5.24. The zero-order chi connectivity index (χ0) is 8.27. The maximum absolute atomic E-state index is 12.4. The lowest BCUT2D eigenvalue weighted by Gasteiger charge is -1.94. The van der Waals surface area contributed by atoms with Crippen LogP contribution in [-0.2, 0) is 10.7 Å². The van der Waals surface area contributed by atoms with Gasteiger partial charge in [-0.1, -0.05) is 6.07 Å². The van der Waals surface area contributed by atoms with E-state index in [4.69, 9.17) is 0 Å². The van der Waals surface area contributed by atoms with Gasteiger partial charge in [-0.25, -0.2) is 8.78 Å². The van der Waals surface area contributed by atoms with Crippen molar-refractivity contribution < 1.29 is 13.3 Å². The molecule has 0 N–H and O–H groups in total. The second kappa shape index (κ2) is 3.54. The lowest BCUT2D eigenvalue weighted by atomic mass is 10.2. The zero-order valence-electron chi connectivity index (χ0n) is 5.55. The summed E-state index contributed by atoms with van der Waals surface area (Å²) in [7, 11) is -0.0903. The molecule has 0 amide bonds. The minimum atomic E-state index is -0.897. The van der Waals surface area contributed by atoms with Gasteiger partial charge >= 0.3 is 0 Å². The van der Waals surface area contributed by atoms with Crippen molar-refractivity contribution in [1.29, 1.82) is 0 Å². The molecular weight excluding hydrogens is 169 g/mol. The van der Waals surface area contributed by atoms with Crippen LogP contribution >= 0.6 is 8.46 Å². The van der Waals surface area contributed by atoms with Crippen molar-refractivity contribution in [2.45, 2.75) is 6.16 Å². The summed E-state index contributed by atoms with van der Waals surface area (Å²) in [4.78, 5) is 0. The van der Waals surface area contributed by atoms with Crippen LogP contribution in [0.2, 0.25) is 0 Å². The summed E-state index contributed by atoms with van der Waals surface area (Å²) in [5.74, 6) is -1.78. The molecule has 0 aromatic heterocycles. The topological polar surface area (TPSA) is 17.1 Å². The summed E-state index contributed by atoms with van der Waals surface area (Å²) < 4.78 is 34.8. The van der Waals surface area contributed by atoms with Crippen LogP contribution in [0.4, 0.5) is 8.78 Å². The van der Waals surface area contributed by atoms with E-state index >= 15 is 0 Å². The molecule has 0 fully saturated rings. The minimum Gasteiger partial charge on any atom is -0.275 e. The van der Waals surface area contributed by atoms with Crippen molar-refractivity contribution in [3.05, 3.63) is 35.4 Å². The van der Waals surface area contributed by atoms with Gasteiger partial charge in [0.25, 0.3) is 0 Å². The van der Waals surface area contributed by atoms with Crippen LogP contribution < -0.4 is 0 Å². The fraction of sp³-hybridized carbons (Fsp3) is 0.143. The van der Waals surface area contributed by atoms with Gasteiger partial charge in [-0.05, 0) is 17.7 Å². The molecule has 1 nitrogen and oxygen atoms in total. The maximum Gasteiger partial charge on any atom is 0.160 e. The summed E-state index contributed by atoms with van der Waals surface area (Å²) in [6.07, 6.45) is 0.219. The monoisotopic (exact) mass is 174 g/mol. The van der Waals surface area contributed by atoms with E-state index in [1.165, 1.54) is 6.07 Å². The fourth-order valence-electron chi connectivity index (χ4n) is 0.713. The molecule has 4 heteroatoms. The molecule has 0 saturated carbocycles. The highest BCUT2D eigenvalue weighted by molar-refractivity contribution is 7.22. The summed E-state index contributed by atoms with van der Waals surface area (Å²) in [6, 6.07) is 3.47. The Morgan fingerprint density at radius 3 is 2.55 bits per heavy atom. The Morgan fingerprint density at radius 2 is 2.00 bits per heavy atom. The molecule has 1 rings (SSSR count). The van der Waals surface area contributed by atoms with Crippen molar-refractivity contribution in [3.8, 4) is 0 Å². The van der Waals surface area contributed by atoms with Crippen LogP contribution in [0.5, 0.6) is 0 Å². The molecule has 58 valence electrons. The average Bonchev–Trinajstić information content (AvgIpc) is 1.98. The molecule has 0 radical (unpaired) electrons. The van der Waals surface area contributed by atoms with Gasteiger partial charge in [-0.2, -0.15) is 0 Å². The molecule has 0 aliphatic rings. The first kappa shape index (κ1) is 8.28. The van der Waals surface area contributed by atoms with Gasteiger partial charge in [0.15, 0.2) is 20.1 Å². The summed E-state index contributed by atoms with van der Waals surface area (Å²) >= 11 is 0. The summed E-state index contributed by atoms with van der Waals surface area (Å²) in [6.45, 7) is 0. The summed E-state index contributed by atoms with van der Waals surface area (Å²) in [5.41, 5.74) is 0.528. The Hall–Kier alpha value is -0.820. The van der Waals surface area contributed by atoms with E-state index in [-0.39, 0.29) is 14.6 Å². The molecule has 1 aromatic carbocycles. The largest absolute Gasteiger partial charge is 0.275 e. The van der Waals surface area contributed by atoms with Crippen molar-refractivity contribution in [2.75, 3.05) is 0 Å². The van der Waals surface area contributed by atoms with E-state index in [2.05, 4.69) is 0 Å². The van der Waals surface area contributed by atoms with E-state index in [0.717, 1.165) is 12.1 Å². The predicted molar refractivity (Wildman–Crippen MR) is 37.7 cm³/mol. The van der Waals surface area contributed by atoms with Crippen molar-refractivity contribution in [2.24, 2.45) is 0 Å². The van der Waals surface area contributed by atoms with Crippen LogP contribution in [0.3, 0.4) is 0 Å². The summed E-state index contributed by atoms with van der Waals surface area (Å²) in [5, 5.41) is 0. The SMILES string of the molecule is O=PCc1ccc(F)c(F)c1. The van der Waals surface area contributed by atoms with Crippen LogP contribution in [0.25, 0.3) is 0 Å². The molecule has 0 aliphatic carbocycles. The molecule has 0 unspecified atom stereocenters.